The molecule has 2 heterocycles. The fourth-order valence-corrected chi connectivity index (χ4v) is 2.77. The quantitative estimate of drug-likeness (QED) is 0.805. The lowest BCUT2D eigenvalue weighted by atomic mass is 9.97. The van der Waals surface area contributed by atoms with E-state index in [2.05, 4.69) is 20.2 Å². The molecule has 0 bridgehead atoms. The number of hydrogen-bond acceptors (Lipinski definition) is 6. The van der Waals surface area contributed by atoms with Crippen molar-refractivity contribution in [1.82, 2.24) is 20.2 Å². The summed E-state index contributed by atoms with van der Waals surface area (Å²) in [5.74, 6) is 0.719. The van der Waals surface area contributed by atoms with Gasteiger partial charge >= 0.3 is 0 Å². The molecule has 1 fully saturated rings. The van der Waals surface area contributed by atoms with Crippen LogP contribution in [0.4, 0.5) is 0 Å². The Hall–Kier alpha value is -1.57. The van der Waals surface area contributed by atoms with Crippen molar-refractivity contribution in [1.29, 1.82) is 0 Å². The van der Waals surface area contributed by atoms with Crippen LogP contribution in [0.3, 0.4) is 0 Å². The Bertz CT molecular complexity index is 507. The van der Waals surface area contributed by atoms with Crippen LogP contribution in [0.5, 0.6) is 0 Å². The lowest BCUT2D eigenvalue weighted by Crippen LogP contribution is -2.55. The van der Waals surface area contributed by atoms with E-state index in [0.29, 0.717) is 26.3 Å². The van der Waals surface area contributed by atoms with E-state index in [-0.39, 0.29) is 12.3 Å². The summed E-state index contributed by atoms with van der Waals surface area (Å²) in [6.45, 7) is 5.00. The summed E-state index contributed by atoms with van der Waals surface area (Å²) in [6.07, 6.45) is 2.06. The topological polar surface area (TPSA) is 76.6 Å². The second-order valence-corrected chi connectivity index (χ2v) is 5.62. The third-order valence-corrected chi connectivity index (χ3v) is 3.72. The number of rotatable bonds is 6. The largest absolute Gasteiger partial charge is 0.382 e. The Kier molecular flexibility index (Phi) is 5.82. The van der Waals surface area contributed by atoms with Crippen LogP contribution in [0, 0.1) is 6.92 Å². The number of hydrogen-bond donors (Lipinski definition) is 1. The highest BCUT2D eigenvalue weighted by molar-refractivity contribution is 5.76. The van der Waals surface area contributed by atoms with E-state index in [4.69, 9.17) is 9.47 Å². The number of carbonyl (C=O) groups excluding carboxylic acids is 1. The van der Waals surface area contributed by atoms with Crippen LogP contribution in [0.15, 0.2) is 12.3 Å². The fourth-order valence-electron chi connectivity index (χ4n) is 2.77. The zero-order chi connectivity index (χ0) is 16.0. The molecule has 0 aromatic carbocycles. The highest BCUT2D eigenvalue weighted by atomic mass is 16.5. The number of carbonyl (C=O) groups is 1. The first kappa shape index (κ1) is 16.8. The van der Waals surface area contributed by atoms with Gasteiger partial charge < -0.3 is 14.8 Å². The molecule has 7 heteroatoms. The van der Waals surface area contributed by atoms with Gasteiger partial charge in [0.05, 0.1) is 25.3 Å². The summed E-state index contributed by atoms with van der Waals surface area (Å²) in [5.41, 5.74) is 0.371. The molecule has 1 N–H and O–H groups in total. The van der Waals surface area contributed by atoms with Crippen LogP contribution < -0.4 is 5.32 Å². The number of nitrogens with one attached hydrogen (secondary N) is 1. The van der Waals surface area contributed by atoms with Gasteiger partial charge in [0.1, 0.15) is 11.4 Å². The molecule has 2 rings (SSSR count). The zero-order valence-corrected chi connectivity index (χ0v) is 13.5. The molecule has 0 spiro atoms. The van der Waals surface area contributed by atoms with Crippen molar-refractivity contribution in [3.63, 3.8) is 0 Å². The van der Waals surface area contributed by atoms with E-state index in [1.54, 1.807) is 20.4 Å². The van der Waals surface area contributed by atoms with Gasteiger partial charge in [-0.3, -0.25) is 9.69 Å². The SMILES string of the molecule is CNC(=O)C[C@]1(COC)CN(Cc2ccnc(C)n2)CCO1. The Morgan fingerprint density at radius 1 is 1.59 bits per heavy atom. The molecule has 1 aromatic heterocycles. The minimum atomic E-state index is -0.602. The molecular formula is C15H24N4O3. The van der Waals surface area contributed by atoms with Crippen molar-refractivity contribution in [2.24, 2.45) is 0 Å². The predicted octanol–water partition coefficient (Wildman–Crippen LogP) is 0.139. The van der Waals surface area contributed by atoms with Gasteiger partial charge in [0.25, 0.3) is 0 Å². The minimum Gasteiger partial charge on any atom is -0.382 e. The molecule has 0 radical (unpaired) electrons. The molecule has 1 amide bonds. The lowest BCUT2D eigenvalue weighted by molar-refractivity contribution is -0.156. The van der Waals surface area contributed by atoms with E-state index >= 15 is 0 Å². The number of nitrogens with zero attached hydrogens (tertiary/aromatic N) is 3. The minimum absolute atomic E-state index is 0.0446. The molecule has 1 aliphatic heterocycles. The summed E-state index contributed by atoms with van der Waals surface area (Å²) >= 11 is 0. The van der Waals surface area contributed by atoms with Crippen LogP contribution in [0.2, 0.25) is 0 Å². The van der Waals surface area contributed by atoms with Gasteiger partial charge in [-0.05, 0) is 13.0 Å². The number of aryl methyl sites for hydroxylation is 1. The first-order valence-corrected chi connectivity index (χ1v) is 7.41. The predicted molar refractivity (Wildman–Crippen MR) is 81.3 cm³/mol. The van der Waals surface area contributed by atoms with Crippen molar-refractivity contribution in [3.8, 4) is 0 Å². The van der Waals surface area contributed by atoms with Gasteiger partial charge in [-0.15, -0.1) is 0 Å². The molecule has 1 aromatic rings. The Labute approximate surface area is 131 Å². The van der Waals surface area contributed by atoms with E-state index in [0.717, 1.165) is 18.1 Å². The van der Waals surface area contributed by atoms with Gasteiger partial charge in [0.15, 0.2) is 0 Å². The van der Waals surface area contributed by atoms with Crippen molar-refractivity contribution >= 4 is 5.91 Å². The fraction of sp³-hybridized carbons (Fsp3) is 0.667. The average molecular weight is 308 g/mol. The zero-order valence-electron chi connectivity index (χ0n) is 13.5. The molecule has 7 nitrogen and oxygen atoms in total. The smallest absolute Gasteiger partial charge is 0.222 e. The van der Waals surface area contributed by atoms with Crippen LogP contribution in [0.25, 0.3) is 0 Å². The number of morpholine rings is 1. The molecule has 122 valence electrons. The maximum Gasteiger partial charge on any atom is 0.222 e. The maximum atomic E-state index is 11.8. The average Bonchev–Trinajstić information content (AvgIpc) is 2.47. The van der Waals surface area contributed by atoms with Gasteiger partial charge in [0.2, 0.25) is 5.91 Å². The van der Waals surface area contributed by atoms with E-state index in [1.807, 2.05) is 13.0 Å². The van der Waals surface area contributed by atoms with Gasteiger partial charge in [-0.1, -0.05) is 0 Å². The Balaban J connectivity index is 2.06. The molecular weight excluding hydrogens is 284 g/mol. The Morgan fingerprint density at radius 2 is 2.41 bits per heavy atom. The number of aromatic nitrogens is 2. The van der Waals surface area contributed by atoms with Gasteiger partial charge in [0, 0.05) is 40.0 Å². The number of methoxy groups -OCH3 is 1. The summed E-state index contributed by atoms with van der Waals surface area (Å²) < 4.78 is 11.2. The molecule has 0 saturated carbocycles. The highest BCUT2D eigenvalue weighted by Crippen LogP contribution is 2.23. The van der Waals surface area contributed by atoms with Crippen LogP contribution in [-0.4, -0.2) is 66.8 Å². The first-order chi connectivity index (χ1) is 10.6. The van der Waals surface area contributed by atoms with Crippen LogP contribution in [-0.2, 0) is 20.8 Å². The second-order valence-electron chi connectivity index (χ2n) is 5.62. The standard InChI is InChI=1S/C15H24N4O3/c1-12-17-5-4-13(18-12)9-19-6-7-22-15(10-19,11-21-3)8-14(20)16-2/h4-5H,6-11H2,1-3H3,(H,16,20)/t15-/m1/s1. The van der Waals surface area contributed by atoms with Gasteiger partial charge in [-0.2, -0.15) is 0 Å². The lowest BCUT2D eigenvalue weighted by Gasteiger charge is -2.42. The van der Waals surface area contributed by atoms with Crippen molar-refractivity contribution in [2.75, 3.05) is 40.5 Å². The van der Waals surface area contributed by atoms with Crippen molar-refractivity contribution < 1.29 is 14.3 Å². The third-order valence-electron chi connectivity index (χ3n) is 3.72. The summed E-state index contributed by atoms with van der Waals surface area (Å²) in [5, 5.41) is 2.65. The molecule has 22 heavy (non-hydrogen) atoms. The van der Waals surface area contributed by atoms with E-state index in [9.17, 15) is 4.79 Å². The normalized spacial score (nSPS) is 22.5. The third kappa shape index (κ3) is 4.46. The van der Waals surface area contributed by atoms with Crippen molar-refractivity contribution in [2.45, 2.75) is 25.5 Å². The Morgan fingerprint density at radius 3 is 3.09 bits per heavy atom. The monoisotopic (exact) mass is 308 g/mol. The van der Waals surface area contributed by atoms with Crippen LogP contribution in [0.1, 0.15) is 17.9 Å². The first-order valence-electron chi connectivity index (χ1n) is 7.41. The summed E-state index contributed by atoms with van der Waals surface area (Å²) in [4.78, 5) is 22.6. The number of amides is 1. The second kappa shape index (κ2) is 7.62. The van der Waals surface area contributed by atoms with E-state index in [1.165, 1.54) is 0 Å². The molecule has 1 saturated heterocycles. The number of ether oxygens (including phenoxy) is 2. The van der Waals surface area contributed by atoms with Crippen LogP contribution >= 0.6 is 0 Å². The highest BCUT2D eigenvalue weighted by Gasteiger charge is 2.38. The molecule has 1 atom stereocenters. The maximum absolute atomic E-state index is 11.8. The summed E-state index contributed by atoms with van der Waals surface area (Å²) in [6, 6.07) is 1.92. The van der Waals surface area contributed by atoms with Crippen molar-refractivity contribution in [3.05, 3.63) is 23.8 Å². The molecule has 1 aliphatic rings. The van der Waals surface area contributed by atoms with Gasteiger partial charge in [-0.25, -0.2) is 9.97 Å². The molecule has 0 aliphatic carbocycles. The van der Waals surface area contributed by atoms with E-state index < -0.39 is 5.60 Å². The molecule has 0 unspecified atom stereocenters. The summed E-state index contributed by atoms with van der Waals surface area (Å²) in [7, 11) is 3.26.